The van der Waals surface area contributed by atoms with Gasteiger partial charge in [0.1, 0.15) is 6.29 Å². The molecule has 0 spiro atoms. The van der Waals surface area contributed by atoms with E-state index in [-0.39, 0.29) is 16.2 Å². The van der Waals surface area contributed by atoms with E-state index in [2.05, 4.69) is 20.8 Å². The summed E-state index contributed by atoms with van der Waals surface area (Å²) in [6, 6.07) is 0. The second kappa shape index (κ2) is 2.50. The van der Waals surface area contributed by atoms with Crippen LogP contribution in [0.4, 0.5) is 0 Å². The first kappa shape index (κ1) is 9.51. The highest BCUT2D eigenvalue weighted by Crippen LogP contribution is 2.73. The highest BCUT2D eigenvalue weighted by Gasteiger charge is 2.74. The molecule has 0 aromatic rings. The van der Waals surface area contributed by atoms with Crippen LogP contribution in [0.25, 0.3) is 0 Å². The number of carbonyl (C=O) groups excluding carboxylic acids is 1. The Kier molecular flexibility index (Phi) is 1.83. The van der Waals surface area contributed by atoms with E-state index in [9.17, 15) is 4.79 Å². The van der Waals surface area contributed by atoms with Crippen LogP contribution < -0.4 is 0 Å². The quantitative estimate of drug-likeness (QED) is 0.470. The van der Waals surface area contributed by atoms with Gasteiger partial charge in [-0.1, -0.05) is 20.8 Å². The number of alkyl halides is 1. The van der Waals surface area contributed by atoms with Crippen LogP contribution >= 0.6 is 11.6 Å². The molecule has 2 heteroatoms. The first-order chi connectivity index (χ1) is 5.95. The molecule has 2 rings (SSSR count). The van der Waals surface area contributed by atoms with Crippen molar-refractivity contribution in [2.75, 3.05) is 0 Å². The summed E-state index contributed by atoms with van der Waals surface area (Å²) in [5.74, 6) is 1.14. The molecule has 2 saturated carbocycles. The molecule has 2 aliphatic carbocycles. The molecule has 1 nitrogen and oxygen atoms in total. The molecule has 2 aliphatic rings. The van der Waals surface area contributed by atoms with Gasteiger partial charge in [0.2, 0.25) is 0 Å². The zero-order valence-electron chi connectivity index (χ0n) is 8.51. The van der Waals surface area contributed by atoms with Crippen LogP contribution in [0.3, 0.4) is 0 Å². The van der Waals surface area contributed by atoms with Crippen LogP contribution in [0.1, 0.15) is 33.6 Å². The van der Waals surface area contributed by atoms with Crippen LogP contribution in [0, 0.1) is 23.2 Å². The zero-order valence-corrected chi connectivity index (χ0v) is 9.27. The number of halogens is 1. The molecule has 4 unspecified atom stereocenters. The molecule has 0 heterocycles. The van der Waals surface area contributed by atoms with Crippen molar-refractivity contribution in [1.82, 2.24) is 0 Å². The Hall–Kier alpha value is -0.0400. The molecule has 0 amide bonds. The average molecular weight is 201 g/mol. The molecule has 13 heavy (non-hydrogen) atoms. The molecular weight excluding hydrogens is 184 g/mol. The number of fused-ring (bicyclic) bond motifs is 1. The predicted octanol–water partition coefficient (Wildman–Crippen LogP) is 2.87. The highest BCUT2D eigenvalue weighted by atomic mass is 35.5. The Morgan fingerprint density at radius 1 is 1.46 bits per heavy atom. The Morgan fingerprint density at radius 2 is 2.08 bits per heavy atom. The summed E-state index contributed by atoms with van der Waals surface area (Å²) in [4.78, 5) is 10.9. The summed E-state index contributed by atoms with van der Waals surface area (Å²) in [6.07, 6.45) is 3.31. The zero-order chi connectivity index (χ0) is 9.85. The Balaban J connectivity index is 2.27. The van der Waals surface area contributed by atoms with Crippen molar-refractivity contribution >= 4 is 17.9 Å². The molecular formula is C11H17ClO. The summed E-state index contributed by atoms with van der Waals surface area (Å²) in [6.45, 7) is 6.56. The largest absolute Gasteiger partial charge is 0.303 e. The lowest BCUT2D eigenvalue weighted by Gasteiger charge is -2.26. The minimum Gasteiger partial charge on any atom is -0.303 e. The van der Waals surface area contributed by atoms with Gasteiger partial charge in [0.15, 0.2) is 0 Å². The number of carbonyl (C=O) groups is 1. The maximum atomic E-state index is 11.0. The van der Waals surface area contributed by atoms with E-state index < -0.39 is 0 Å². The van der Waals surface area contributed by atoms with Gasteiger partial charge < -0.3 is 4.79 Å². The van der Waals surface area contributed by atoms with Crippen molar-refractivity contribution in [3.05, 3.63) is 0 Å². The number of rotatable bonds is 1. The number of hydrogen-bond donors (Lipinski definition) is 0. The van der Waals surface area contributed by atoms with E-state index in [4.69, 9.17) is 11.6 Å². The minimum atomic E-state index is -0.0644. The van der Waals surface area contributed by atoms with Gasteiger partial charge in [-0.3, -0.25) is 0 Å². The van der Waals surface area contributed by atoms with E-state index in [1.54, 1.807) is 0 Å². The Morgan fingerprint density at radius 3 is 2.54 bits per heavy atom. The van der Waals surface area contributed by atoms with Crippen molar-refractivity contribution in [1.29, 1.82) is 0 Å². The molecule has 0 aliphatic heterocycles. The molecule has 0 bridgehead atoms. The summed E-state index contributed by atoms with van der Waals surface area (Å²) >= 11 is 6.52. The van der Waals surface area contributed by atoms with Gasteiger partial charge in [-0.2, -0.15) is 0 Å². The van der Waals surface area contributed by atoms with Crippen molar-refractivity contribution in [3.8, 4) is 0 Å². The monoisotopic (exact) mass is 200 g/mol. The van der Waals surface area contributed by atoms with E-state index in [0.29, 0.717) is 11.8 Å². The van der Waals surface area contributed by atoms with E-state index >= 15 is 0 Å². The van der Waals surface area contributed by atoms with E-state index in [0.717, 1.165) is 19.1 Å². The summed E-state index contributed by atoms with van der Waals surface area (Å²) in [7, 11) is 0. The van der Waals surface area contributed by atoms with Gasteiger partial charge >= 0.3 is 0 Å². The molecule has 0 saturated heterocycles. The van der Waals surface area contributed by atoms with Gasteiger partial charge in [0, 0.05) is 5.92 Å². The van der Waals surface area contributed by atoms with E-state index in [1.807, 2.05) is 0 Å². The average Bonchev–Trinajstić information content (AvgIpc) is 2.50. The van der Waals surface area contributed by atoms with E-state index in [1.165, 1.54) is 0 Å². The second-order valence-corrected chi connectivity index (χ2v) is 5.97. The van der Waals surface area contributed by atoms with Crippen LogP contribution in [-0.4, -0.2) is 11.2 Å². The van der Waals surface area contributed by atoms with Gasteiger partial charge in [-0.25, -0.2) is 0 Å². The third-order valence-corrected chi connectivity index (χ3v) is 5.33. The third-order valence-electron chi connectivity index (χ3n) is 4.42. The summed E-state index contributed by atoms with van der Waals surface area (Å²) in [5.41, 5.74) is 0.172. The third kappa shape index (κ3) is 0.971. The maximum absolute atomic E-state index is 11.0. The Labute approximate surface area is 84.8 Å². The summed E-state index contributed by atoms with van der Waals surface area (Å²) in [5, 5.41) is 0. The van der Waals surface area contributed by atoms with Gasteiger partial charge in [0.25, 0.3) is 0 Å². The first-order valence-corrected chi connectivity index (χ1v) is 5.47. The molecule has 2 fully saturated rings. The van der Waals surface area contributed by atoms with Crippen LogP contribution in [0.15, 0.2) is 0 Å². The van der Waals surface area contributed by atoms with Crippen molar-refractivity contribution in [2.45, 2.75) is 38.5 Å². The SMILES string of the molecule is CC1CCC2(Cl)C(C1C=O)C2(C)C. The fourth-order valence-corrected chi connectivity index (χ4v) is 3.87. The molecule has 4 atom stereocenters. The second-order valence-electron chi connectivity index (χ2n) is 5.29. The van der Waals surface area contributed by atoms with Gasteiger partial charge in [0.05, 0.1) is 4.87 Å². The van der Waals surface area contributed by atoms with Crippen LogP contribution in [-0.2, 0) is 4.79 Å². The lowest BCUT2D eigenvalue weighted by molar-refractivity contribution is -0.113. The highest BCUT2D eigenvalue weighted by molar-refractivity contribution is 6.27. The van der Waals surface area contributed by atoms with Gasteiger partial charge in [-0.15, -0.1) is 11.6 Å². The normalized spacial score (nSPS) is 52.5. The fraction of sp³-hybridized carbons (Fsp3) is 0.909. The molecule has 0 N–H and O–H groups in total. The number of aldehydes is 1. The first-order valence-electron chi connectivity index (χ1n) is 5.09. The predicted molar refractivity (Wildman–Crippen MR) is 53.8 cm³/mol. The summed E-state index contributed by atoms with van der Waals surface area (Å²) < 4.78 is 0. The lowest BCUT2D eigenvalue weighted by Crippen LogP contribution is -2.26. The topological polar surface area (TPSA) is 17.1 Å². The van der Waals surface area contributed by atoms with Gasteiger partial charge in [-0.05, 0) is 30.1 Å². The lowest BCUT2D eigenvalue weighted by atomic mass is 9.81. The molecule has 0 aromatic heterocycles. The van der Waals surface area contributed by atoms with Crippen LogP contribution in [0.2, 0.25) is 0 Å². The smallest absolute Gasteiger partial charge is 0.123 e. The van der Waals surface area contributed by atoms with Crippen LogP contribution in [0.5, 0.6) is 0 Å². The standard InChI is InChI=1S/C11H17ClO/c1-7-4-5-11(12)9(8(7)6-13)10(11,2)3/h6-9H,4-5H2,1-3H3. The molecule has 0 aromatic carbocycles. The van der Waals surface area contributed by atoms with Crippen molar-refractivity contribution in [2.24, 2.45) is 23.2 Å². The Bertz CT molecular complexity index is 248. The van der Waals surface area contributed by atoms with Crippen molar-refractivity contribution < 1.29 is 4.79 Å². The minimum absolute atomic E-state index is 0.0644. The molecule has 0 radical (unpaired) electrons. The fourth-order valence-electron chi connectivity index (χ4n) is 3.28. The maximum Gasteiger partial charge on any atom is 0.123 e. The molecule has 74 valence electrons. The van der Waals surface area contributed by atoms with Crippen molar-refractivity contribution in [3.63, 3.8) is 0 Å². The number of hydrogen-bond acceptors (Lipinski definition) is 1.